The van der Waals surface area contributed by atoms with E-state index in [2.05, 4.69) is 4.72 Å². The van der Waals surface area contributed by atoms with Gasteiger partial charge in [-0.15, -0.1) is 0 Å². The quantitative estimate of drug-likeness (QED) is 0.828. The lowest BCUT2D eigenvalue weighted by atomic mass is 10.2. The van der Waals surface area contributed by atoms with Crippen molar-refractivity contribution < 1.29 is 17.9 Å². The number of hydrogen-bond acceptors (Lipinski definition) is 3. The van der Waals surface area contributed by atoms with Gasteiger partial charge in [0.05, 0.1) is 11.0 Å². The molecule has 0 aliphatic carbocycles. The predicted octanol–water partition coefficient (Wildman–Crippen LogP) is 1.57. The summed E-state index contributed by atoms with van der Waals surface area (Å²) in [5.41, 5.74) is 0.340. The maximum absolute atomic E-state index is 12.9. The number of aliphatic hydroxyl groups is 1. The van der Waals surface area contributed by atoms with Crippen LogP contribution in [-0.2, 0) is 10.0 Å². The zero-order valence-electron chi connectivity index (χ0n) is 10.5. The minimum atomic E-state index is -3.70. The summed E-state index contributed by atoms with van der Waals surface area (Å²) >= 11 is 0. The summed E-state index contributed by atoms with van der Waals surface area (Å²) in [6, 6.07) is 3.49. The van der Waals surface area contributed by atoms with E-state index in [4.69, 9.17) is 0 Å². The molecule has 0 aliphatic rings. The summed E-state index contributed by atoms with van der Waals surface area (Å²) < 4.78 is 39.1. The molecule has 0 heterocycles. The lowest BCUT2D eigenvalue weighted by Gasteiger charge is -2.12. The van der Waals surface area contributed by atoms with Crippen molar-refractivity contribution >= 4 is 10.0 Å². The van der Waals surface area contributed by atoms with Crippen LogP contribution in [0.3, 0.4) is 0 Å². The standard InChI is InChI=1S/C12H18FNO3S/c1-3-4-11(15)8-14-18(16,17)12-6-5-10(13)7-9(12)2/h5-7,11,14-15H,3-4,8H2,1-2H3/t11-/m1/s1. The van der Waals surface area contributed by atoms with Gasteiger partial charge in [0.2, 0.25) is 10.0 Å². The summed E-state index contributed by atoms with van der Waals surface area (Å²) in [5.74, 6) is -0.475. The second kappa shape index (κ2) is 6.26. The maximum Gasteiger partial charge on any atom is 0.240 e. The molecule has 0 saturated carbocycles. The number of benzene rings is 1. The first-order valence-electron chi connectivity index (χ1n) is 5.80. The van der Waals surface area contributed by atoms with E-state index in [-0.39, 0.29) is 11.4 Å². The summed E-state index contributed by atoms with van der Waals surface area (Å²) in [6.07, 6.45) is 0.606. The molecular formula is C12H18FNO3S. The van der Waals surface area contributed by atoms with E-state index in [1.807, 2.05) is 6.92 Å². The largest absolute Gasteiger partial charge is 0.392 e. The van der Waals surface area contributed by atoms with Crippen molar-refractivity contribution in [3.63, 3.8) is 0 Å². The SMILES string of the molecule is CCC[C@@H](O)CNS(=O)(=O)c1ccc(F)cc1C. The number of aliphatic hydroxyl groups excluding tert-OH is 1. The van der Waals surface area contributed by atoms with Crippen molar-refractivity contribution in [1.82, 2.24) is 4.72 Å². The molecule has 0 unspecified atom stereocenters. The van der Waals surface area contributed by atoms with Gasteiger partial charge in [-0.25, -0.2) is 17.5 Å². The minimum absolute atomic E-state index is 0.0347. The number of aryl methyl sites for hydroxylation is 1. The molecule has 0 radical (unpaired) electrons. The molecule has 102 valence electrons. The molecule has 0 fully saturated rings. The first kappa shape index (κ1) is 15.1. The van der Waals surface area contributed by atoms with Crippen LogP contribution in [-0.4, -0.2) is 26.2 Å². The smallest absolute Gasteiger partial charge is 0.240 e. The Kier molecular flexibility index (Phi) is 5.25. The fraction of sp³-hybridized carbons (Fsp3) is 0.500. The number of nitrogens with one attached hydrogen (secondary N) is 1. The molecule has 1 atom stereocenters. The zero-order valence-corrected chi connectivity index (χ0v) is 11.3. The zero-order chi connectivity index (χ0) is 13.8. The third kappa shape index (κ3) is 4.04. The topological polar surface area (TPSA) is 66.4 Å². The fourth-order valence-electron chi connectivity index (χ4n) is 1.63. The van der Waals surface area contributed by atoms with Crippen molar-refractivity contribution in [2.45, 2.75) is 37.7 Å². The predicted molar refractivity (Wildman–Crippen MR) is 67.2 cm³/mol. The third-order valence-electron chi connectivity index (χ3n) is 2.56. The van der Waals surface area contributed by atoms with Gasteiger partial charge >= 0.3 is 0 Å². The fourth-order valence-corrected chi connectivity index (χ4v) is 2.93. The van der Waals surface area contributed by atoms with E-state index >= 15 is 0 Å². The Morgan fingerprint density at radius 3 is 2.67 bits per heavy atom. The van der Waals surface area contributed by atoms with Crippen LogP contribution in [0.4, 0.5) is 4.39 Å². The van der Waals surface area contributed by atoms with Crippen LogP contribution in [0.1, 0.15) is 25.3 Å². The first-order chi connectivity index (χ1) is 8.36. The van der Waals surface area contributed by atoms with Crippen LogP contribution in [0.5, 0.6) is 0 Å². The average Bonchev–Trinajstić information content (AvgIpc) is 2.26. The van der Waals surface area contributed by atoms with Gasteiger partial charge in [0.1, 0.15) is 5.82 Å². The van der Waals surface area contributed by atoms with Gasteiger partial charge in [-0.2, -0.15) is 0 Å². The molecule has 6 heteroatoms. The highest BCUT2D eigenvalue weighted by molar-refractivity contribution is 7.89. The van der Waals surface area contributed by atoms with Gasteiger partial charge in [-0.3, -0.25) is 0 Å². The number of hydrogen-bond donors (Lipinski definition) is 2. The van der Waals surface area contributed by atoms with Crippen LogP contribution in [0.2, 0.25) is 0 Å². The summed E-state index contributed by atoms with van der Waals surface area (Å²) in [7, 11) is -3.70. The normalized spacial score (nSPS) is 13.6. The molecule has 4 nitrogen and oxygen atoms in total. The Balaban J connectivity index is 2.80. The highest BCUT2D eigenvalue weighted by Gasteiger charge is 2.18. The summed E-state index contributed by atoms with van der Waals surface area (Å²) in [4.78, 5) is 0.0348. The van der Waals surface area contributed by atoms with Crippen molar-refractivity contribution in [1.29, 1.82) is 0 Å². The van der Waals surface area contributed by atoms with Crippen LogP contribution in [0.15, 0.2) is 23.1 Å². The maximum atomic E-state index is 12.9. The molecular weight excluding hydrogens is 257 g/mol. The van der Waals surface area contributed by atoms with Gasteiger partial charge in [0.15, 0.2) is 0 Å². The van der Waals surface area contributed by atoms with Crippen LogP contribution >= 0.6 is 0 Å². The summed E-state index contributed by atoms with van der Waals surface area (Å²) in [5, 5.41) is 9.49. The second-order valence-electron chi connectivity index (χ2n) is 4.20. The van der Waals surface area contributed by atoms with Gasteiger partial charge < -0.3 is 5.11 Å². The monoisotopic (exact) mass is 275 g/mol. The second-order valence-corrected chi connectivity index (χ2v) is 5.94. The van der Waals surface area contributed by atoms with E-state index in [1.165, 1.54) is 13.0 Å². The lowest BCUT2D eigenvalue weighted by Crippen LogP contribution is -2.32. The van der Waals surface area contributed by atoms with Crippen LogP contribution < -0.4 is 4.72 Å². The minimum Gasteiger partial charge on any atom is -0.392 e. The van der Waals surface area contributed by atoms with Gasteiger partial charge in [0, 0.05) is 6.54 Å². The van der Waals surface area contributed by atoms with Crippen LogP contribution in [0, 0.1) is 12.7 Å². The highest BCUT2D eigenvalue weighted by atomic mass is 32.2. The average molecular weight is 275 g/mol. The Morgan fingerprint density at radius 1 is 1.44 bits per heavy atom. The van der Waals surface area contributed by atoms with E-state index in [0.717, 1.165) is 18.6 Å². The lowest BCUT2D eigenvalue weighted by molar-refractivity contribution is 0.167. The van der Waals surface area contributed by atoms with Gasteiger partial charge in [-0.05, 0) is 37.1 Å². The molecule has 0 aromatic heterocycles. The van der Waals surface area contributed by atoms with Crippen LogP contribution in [0.25, 0.3) is 0 Å². The Hall–Kier alpha value is -0.980. The van der Waals surface area contributed by atoms with E-state index in [0.29, 0.717) is 12.0 Å². The Bertz CT molecular complexity index is 502. The molecule has 1 rings (SSSR count). The van der Waals surface area contributed by atoms with Crippen molar-refractivity contribution in [2.75, 3.05) is 6.54 Å². The highest BCUT2D eigenvalue weighted by Crippen LogP contribution is 2.15. The third-order valence-corrected chi connectivity index (χ3v) is 4.14. The number of rotatable bonds is 6. The van der Waals surface area contributed by atoms with Crippen molar-refractivity contribution in [3.05, 3.63) is 29.6 Å². The number of halogens is 1. The molecule has 0 saturated heterocycles. The molecule has 1 aromatic rings. The first-order valence-corrected chi connectivity index (χ1v) is 7.29. The molecule has 0 bridgehead atoms. The van der Waals surface area contributed by atoms with E-state index in [1.54, 1.807) is 0 Å². The molecule has 0 amide bonds. The van der Waals surface area contributed by atoms with Gasteiger partial charge in [0.25, 0.3) is 0 Å². The van der Waals surface area contributed by atoms with Crippen molar-refractivity contribution in [3.8, 4) is 0 Å². The van der Waals surface area contributed by atoms with Crippen molar-refractivity contribution in [2.24, 2.45) is 0 Å². The Labute approximate surface area is 107 Å². The summed E-state index contributed by atoms with van der Waals surface area (Å²) in [6.45, 7) is 3.40. The van der Waals surface area contributed by atoms with E-state index in [9.17, 15) is 17.9 Å². The van der Waals surface area contributed by atoms with Gasteiger partial charge in [-0.1, -0.05) is 13.3 Å². The Morgan fingerprint density at radius 2 is 2.11 bits per heavy atom. The molecule has 0 spiro atoms. The molecule has 2 N–H and O–H groups in total. The molecule has 0 aliphatic heterocycles. The molecule has 1 aromatic carbocycles. The molecule has 18 heavy (non-hydrogen) atoms. The number of sulfonamides is 1. The van der Waals surface area contributed by atoms with E-state index < -0.39 is 21.9 Å².